The Kier molecular flexibility index (Phi) is 8.20. The molecule has 1 aliphatic carbocycles. The molecule has 1 saturated carbocycles. The van der Waals surface area contributed by atoms with Crippen molar-refractivity contribution in [2.75, 3.05) is 26.2 Å². The van der Waals surface area contributed by atoms with Gasteiger partial charge in [0.2, 0.25) is 17.7 Å². The molecule has 3 saturated heterocycles. The second-order valence-corrected chi connectivity index (χ2v) is 12.0. The second kappa shape index (κ2) is 11.5. The van der Waals surface area contributed by atoms with Crippen molar-refractivity contribution in [3.8, 4) is 0 Å². The number of amides is 3. The van der Waals surface area contributed by atoms with Gasteiger partial charge in [-0.05, 0) is 38.2 Å². The summed E-state index contributed by atoms with van der Waals surface area (Å²) in [6, 6.07) is 8.97. The molecule has 1 aromatic carbocycles. The van der Waals surface area contributed by atoms with Crippen LogP contribution in [0.1, 0.15) is 57.4 Å². The van der Waals surface area contributed by atoms with Gasteiger partial charge in [-0.3, -0.25) is 14.4 Å². The molecular weight excluding hydrogens is 506 g/mol. The van der Waals surface area contributed by atoms with Crippen molar-refractivity contribution >= 4 is 17.7 Å². The van der Waals surface area contributed by atoms with E-state index in [2.05, 4.69) is 13.2 Å². The SMILES string of the molecule is C=CCN(Cc1ccccc1)C(=O)[C@H]1[C@H]2C(=O)N(CCO)C(C(=O)N(CC=C)C3CCCCC3)C23CC[C@]1(C)O3. The molecule has 5 rings (SSSR count). The lowest BCUT2D eigenvalue weighted by molar-refractivity contribution is -0.155. The fourth-order valence-corrected chi connectivity index (χ4v) is 7.93. The number of carbonyl (C=O) groups is 3. The summed E-state index contributed by atoms with van der Waals surface area (Å²) in [4.78, 5) is 48.1. The highest BCUT2D eigenvalue weighted by Gasteiger charge is 2.78. The molecule has 3 heterocycles. The molecule has 2 bridgehead atoms. The minimum Gasteiger partial charge on any atom is -0.395 e. The summed E-state index contributed by atoms with van der Waals surface area (Å²) < 4.78 is 6.79. The highest BCUT2D eigenvalue weighted by Crippen LogP contribution is 2.63. The van der Waals surface area contributed by atoms with E-state index in [4.69, 9.17) is 4.74 Å². The van der Waals surface area contributed by atoms with E-state index in [0.29, 0.717) is 32.5 Å². The summed E-state index contributed by atoms with van der Waals surface area (Å²) in [7, 11) is 0. The topological polar surface area (TPSA) is 90.4 Å². The molecule has 1 spiro atoms. The third-order valence-electron chi connectivity index (χ3n) is 9.62. The van der Waals surface area contributed by atoms with E-state index in [1.165, 1.54) is 4.90 Å². The average molecular weight is 550 g/mol. The van der Waals surface area contributed by atoms with Gasteiger partial charge < -0.3 is 24.5 Å². The summed E-state index contributed by atoms with van der Waals surface area (Å²) in [6.07, 6.45) is 9.68. The van der Waals surface area contributed by atoms with E-state index in [1.54, 1.807) is 17.1 Å². The van der Waals surface area contributed by atoms with E-state index < -0.39 is 29.1 Å². The molecule has 4 aliphatic rings. The number of nitrogens with zero attached hydrogens (tertiary/aromatic N) is 3. The number of rotatable bonds is 11. The smallest absolute Gasteiger partial charge is 0.248 e. The number of hydrogen-bond donors (Lipinski definition) is 1. The summed E-state index contributed by atoms with van der Waals surface area (Å²) in [5.41, 5.74) is -0.966. The zero-order chi connectivity index (χ0) is 28.5. The third-order valence-corrected chi connectivity index (χ3v) is 9.62. The normalized spacial score (nSPS) is 31.2. The molecule has 5 atom stereocenters. The summed E-state index contributed by atoms with van der Waals surface area (Å²) in [6.45, 7) is 10.6. The number of fused-ring (bicyclic) bond motifs is 1. The van der Waals surface area contributed by atoms with Crippen molar-refractivity contribution in [1.29, 1.82) is 0 Å². The number of benzene rings is 1. The Hall–Kier alpha value is -2.97. The molecule has 0 radical (unpaired) electrons. The van der Waals surface area contributed by atoms with Crippen LogP contribution in [0.3, 0.4) is 0 Å². The largest absolute Gasteiger partial charge is 0.395 e. The van der Waals surface area contributed by atoms with Crippen molar-refractivity contribution in [2.24, 2.45) is 11.8 Å². The lowest BCUT2D eigenvalue weighted by Gasteiger charge is -2.40. The van der Waals surface area contributed by atoms with Crippen molar-refractivity contribution in [3.05, 3.63) is 61.2 Å². The van der Waals surface area contributed by atoms with Gasteiger partial charge in [0.15, 0.2) is 0 Å². The Labute approximate surface area is 237 Å². The first-order valence-electron chi connectivity index (χ1n) is 14.8. The Morgan fingerprint density at radius 1 is 1.07 bits per heavy atom. The monoisotopic (exact) mass is 549 g/mol. The summed E-state index contributed by atoms with van der Waals surface area (Å²) in [5.74, 6) is -2.08. The molecule has 4 fully saturated rings. The Balaban J connectivity index is 1.51. The highest BCUT2D eigenvalue weighted by molar-refractivity contribution is 5.99. The van der Waals surface area contributed by atoms with E-state index >= 15 is 0 Å². The predicted molar refractivity (Wildman–Crippen MR) is 152 cm³/mol. The van der Waals surface area contributed by atoms with E-state index in [-0.39, 0.29) is 36.9 Å². The van der Waals surface area contributed by atoms with Crippen LogP contribution in [-0.2, 0) is 25.7 Å². The molecule has 1 aromatic rings. The van der Waals surface area contributed by atoms with Crippen LogP contribution in [0, 0.1) is 11.8 Å². The zero-order valence-corrected chi connectivity index (χ0v) is 23.7. The lowest BCUT2D eigenvalue weighted by atomic mass is 9.66. The van der Waals surface area contributed by atoms with Gasteiger partial charge in [-0.15, -0.1) is 13.2 Å². The molecule has 2 unspecified atom stereocenters. The number of aliphatic hydroxyl groups excluding tert-OH is 1. The Morgan fingerprint density at radius 2 is 1.77 bits per heavy atom. The first-order chi connectivity index (χ1) is 19.3. The van der Waals surface area contributed by atoms with Crippen molar-refractivity contribution < 1.29 is 24.2 Å². The summed E-state index contributed by atoms with van der Waals surface area (Å²) >= 11 is 0. The molecule has 40 heavy (non-hydrogen) atoms. The fraction of sp³-hybridized carbons (Fsp3) is 0.594. The van der Waals surface area contributed by atoms with Crippen LogP contribution in [0.4, 0.5) is 0 Å². The molecule has 216 valence electrons. The van der Waals surface area contributed by atoms with Gasteiger partial charge in [-0.25, -0.2) is 0 Å². The number of hydrogen-bond acceptors (Lipinski definition) is 5. The number of likely N-dealkylation sites (tertiary alicyclic amines) is 1. The van der Waals surface area contributed by atoms with Crippen LogP contribution in [0.15, 0.2) is 55.6 Å². The fourth-order valence-electron chi connectivity index (χ4n) is 7.93. The van der Waals surface area contributed by atoms with Crippen LogP contribution < -0.4 is 0 Å². The summed E-state index contributed by atoms with van der Waals surface area (Å²) in [5, 5.41) is 9.95. The lowest BCUT2D eigenvalue weighted by Crippen LogP contribution is -2.58. The van der Waals surface area contributed by atoms with E-state index in [1.807, 2.05) is 42.2 Å². The van der Waals surface area contributed by atoms with Crippen LogP contribution >= 0.6 is 0 Å². The van der Waals surface area contributed by atoms with Crippen LogP contribution in [0.2, 0.25) is 0 Å². The number of β-amino-alcohol motifs (C(OH)–C–C–N with tert-alkyl or cyclic N) is 1. The zero-order valence-electron chi connectivity index (χ0n) is 23.7. The predicted octanol–water partition coefficient (Wildman–Crippen LogP) is 3.31. The quantitative estimate of drug-likeness (QED) is 0.428. The van der Waals surface area contributed by atoms with Gasteiger partial charge >= 0.3 is 0 Å². The molecule has 3 aliphatic heterocycles. The standard InChI is InChI=1S/C32H43N3O5/c1-4-18-33(22-23-12-8-6-9-13-23)28(37)25-26-29(38)35(20-21-36)27(32(26)17-16-31(25,3)40-32)30(39)34(19-5-2)24-14-10-7-11-15-24/h4-6,8-9,12-13,24-27,36H,1-2,7,10-11,14-22H2,3H3/t25-,26+,27?,31+,32?/m1/s1. The van der Waals surface area contributed by atoms with Gasteiger partial charge in [0.25, 0.3) is 0 Å². The average Bonchev–Trinajstić information content (AvgIpc) is 3.53. The minimum atomic E-state index is -1.10. The molecular formula is C32H43N3O5. The molecule has 8 heteroatoms. The van der Waals surface area contributed by atoms with Crippen molar-refractivity contribution in [1.82, 2.24) is 14.7 Å². The number of ether oxygens (including phenoxy) is 1. The first kappa shape index (κ1) is 28.6. The maximum atomic E-state index is 14.5. The Bertz CT molecular complexity index is 1130. The van der Waals surface area contributed by atoms with Gasteiger partial charge in [-0.2, -0.15) is 0 Å². The second-order valence-electron chi connectivity index (χ2n) is 12.0. The van der Waals surface area contributed by atoms with E-state index in [0.717, 1.165) is 37.7 Å². The van der Waals surface area contributed by atoms with Gasteiger partial charge in [0.05, 0.1) is 24.0 Å². The maximum Gasteiger partial charge on any atom is 0.248 e. The van der Waals surface area contributed by atoms with Crippen molar-refractivity contribution in [3.63, 3.8) is 0 Å². The molecule has 3 amide bonds. The van der Waals surface area contributed by atoms with Gasteiger partial charge in [-0.1, -0.05) is 61.7 Å². The minimum absolute atomic E-state index is 0.0292. The number of aliphatic hydroxyl groups is 1. The van der Waals surface area contributed by atoms with Gasteiger partial charge in [0, 0.05) is 32.2 Å². The van der Waals surface area contributed by atoms with E-state index in [9.17, 15) is 19.5 Å². The third kappa shape index (κ3) is 4.69. The van der Waals surface area contributed by atoms with Gasteiger partial charge in [0.1, 0.15) is 11.6 Å². The first-order valence-corrected chi connectivity index (χ1v) is 14.8. The number of carbonyl (C=O) groups excluding carboxylic acids is 3. The Morgan fingerprint density at radius 3 is 2.42 bits per heavy atom. The van der Waals surface area contributed by atoms with Crippen molar-refractivity contribution in [2.45, 2.75) is 81.7 Å². The molecule has 1 N–H and O–H groups in total. The van der Waals surface area contributed by atoms with Crippen LogP contribution in [-0.4, -0.2) is 87.1 Å². The molecule has 0 aromatic heterocycles. The van der Waals surface area contributed by atoms with Crippen LogP contribution in [0.25, 0.3) is 0 Å². The highest BCUT2D eigenvalue weighted by atomic mass is 16.5. The molecule has 8 nitrogen and oxygen atoms in total. The van der Waals surface area contributed by atoms with Crippen LogP contribution in [0.5, 0.6) is 0 Å². The maximum absolute atomic E-state index is 14.5.